The van der Waals surface area contributed by atoms with Crippen molar-refractivity contribution in [3.63, 3.8) is 0 Å². The number of hydrogen-bond donors (Lipinski definition) is 3. The number of rotatable bonds is 16. The molecule has 3 aromatic carbocycles. The van der Waals surface area contributed by atoms with Gasteiger partial charge in [-0.05, 0) is 98.3 Å². The van der Waals surface area contributed by atoms with Gasteiger partial charge in [-0.1, -0.05) is 6.42 Å². The standard InChI is InChI=1S/C36H36F2N4O6S2/c1-22(49)47-21-33(43)40-15-4-3-5-17-50-32-20-28-26(19-31(32)46-2)29(12-16-39-28)48-30-11-10-25(18-27(30)38)42-35(45)36(13-14-36)34(44)41-24-8-6-23(37)7-9-24/h6-12,16,18-20H,3-5,13-15,17,21H2,1-2H3,(H,40,43)(H,41,44)(H,42,45). The number of nitrogens with zero attached hydrogens (tertiary/aromatic N) is 1. The summed E-state index contributed by atoms with van der Waals surface area (Å²) in [6.07, 6.45) is 4.93. The van der Waals surface area contributed by atoms with Crippen molar-refractivity contribution in [2.24, 2.45) is 5.41 Å². The number of halogens is 2. The zero-order valence-corrected chi connectivity index (χ0v) is 29.1. The lowest BCUT2D eigenvalue weighted by Gasteiger charge is -2.16. The number of ether oxygens (including phenoxy) is 3. The molecule has 3 amide bonds. The number of thioether (sulfide) groups is 1. The number of unbranched alkanes of at least 4 members (excludes halogenated alkanes) is 2. The second kappa shape index (κ2) is 16.7. The maximum Gasteiger partial charge on any atom is 0.257 e. The number of nitrogens with one attached hydrogen (secondary N) is 3. The molecule has 0 bridgehead atoms. The van der Waals surface area contributed by atoms with E-state index in [9.17, 15) is 18.8 Å². The van der Waals surface area contributed by atoms with Gasteiger partial charge >= 0.3 is 0 Å². The van der Waals surface area contributed by atoms with Gasteiger partial charge in [0.15, 0.2) is 23.2 Å². The van der Waals surface area contributed by atoms with E-state index < -0.39 is 28.9 Å². The highest BCUT2D eigenvalue weighted by Gasteiger charge is 2.56. The van der Waals surface area contributed by atoms with Crippen LogP contribution < -0.4 is 25.4 Å². The Kier molecular flexibility index (Phi) is 12.2. The van der Waals surface area contributed by atoms with Crippen LogP contribution in [0.4, 0.5) is 20.2 Å². The third-order valence-corrected chi connectivity index (χ3v) is 9.17. The van der Waals surface area contributed by atoms with E-state index in [1.165, 1.54) is 36.4 Å². The fraction of sp³-hybridized carbons (Fsp3) is 0.306. The van der Waals surface area contributed by atoms with Gasteiger partial charge in [0.2, 0.25) is 11.8 Å². The summed E-state index contributed by atoms with van der Waals surface area (Å²) < 4.78 is 45.2. The van der Waals surface area contributed by atoms with E-state index in [1.54, 1.807) is 44.1 Å². The van der Waals surface area contributed by atoms with Crippen LogP contribution in [-0.2, 0) is 19.1 Å². The van der Waals surface area contributed by atoms with Gasteiger partial charge in [0, 0.05) is 42.5 Å². The van der Waals surface area contributed by atoms with E-state index in [1.807, 2.05) is 6.07 Å². The molecule has 0 atom stereocenters. The van der Waals surface area contributed by atoms with E-state index >= 15 is 4.39 Å². The Bertz CT molecular complexity index is 1890. The molecule has 14 heteroatoms. The molecule has 0 saturated heterocycles. The van der Waals surface area contributed by atoms with Gasteiger partial charge < -0.3 is 30.2 Å². The lowest BCUT2D eigenvalue weighted by molar-refractivity contribution is -0.131. The van der Waals surface area contributed by atoms with Crippen LogP contribution in [0.15, 0.2) is 71.8 Å². The van der Waals surface area contributed by atoms with E-state index in [0.717, 1.165) is 36.0 Å². The summed E-state index contributed by atoms with van der Waals surface area (Å²) >= 11 is 6.43. The minimum absolute atomic E-state index is 0.0688. The van der Waals surface area contributed by atoms with Crippen LogP contribution >= 0.6 is 24.0 Å². The van der Waals surface area contributed by atoms with Crippen molar-refractivity contribution in [2.45, 2.75) is 43.9 Å². The third kappa shape index (κ3) is 9.45. The van der Waals surface area contributed by atoms with Crippen LogP contribution in [-0.4, -0.2) is 53.8 Å². The van der Waals surface area contributed by atoms with Crippen molar-refractivity contribution in [1.82, 2.24) is 10.3 Å². The smallest absolute Gasteiger partial charge is 0.257 e. The van der Waals surface area contributed by atoms with Gasteiger partial charge in [0.1, 0.15) is 22.7 Å². The van der Waals surface area contributed by atoms with Gasteiger partial charge in [0.25, 0.3) is 5.91 Å². The molecule has 262 valence electrons. The summed E-state index contributed by atoms with van der Waals surface area (Å²) in [6, 6.07) is 14.6. The minimum Gasteiger partial charge on any atom is -0.496 e. The van der Waals surface area contributed by atoms with Crippen molar-refractivity contribution in [3.05, 3.63) is 78.5 Å². The molecule has 1 aliphatic carbocycles. The molecule has 50 heavy (non-hydrogen) atoms. The summed E-state index contributed by atoms with van der Waals surface area (Å²) in [5.41, 5.74) is -0.110. The van der Waals surface area contributed by atoms with Crippen molar-refractivity contribution in [1.29, 1.82) is 0 Å². The van der Waals surface area contributed by atoms with Crippen LogP contribution in [0.1, 0.15) is 39.0 Å². The van der Waals surface area contributed by atoms with Gasteiger partial charge in [-0.25, -0.2) is 8.78 Å². The van der Waals surface area contributed by atoms with Crippen LogP contribution in [0.3, 0.4) is 0 Å². The first-order valence-electron chi connectivity index (χ1n) is 15.9. The molecule has 5 rings (SSSR count). The Hall–Kier alpha value is -4.82. The number of hydrogen-bond acceptors (Lipinski definition) is 9. The van der Waals surface area contributed by atoms with Crippen molar-refractivity contribution >= 4 is 69.0 Å². The van der Waals surface area contributed by atoms with Crippen LogP contribution in [0.25, 0.3) is 10.9 Å². The van der Waals surface area contributed by atoms with Crippen molar-refractivity contribution < 1.29 is 37.4 Å². The SMILES string of the molecule is COc1cc2c(Oc3ccc(NC(=O)C4(C(=O)Nc5ccc(F)cc5)CC4)cc3F)ccnc2cc1SCCCCCNC(=O)COC(C)=S. The molecule has 1 heterocycles. The first-order chi connectivity index (χ1) is 24.1. The summed E-state index contributed by atoms with van der Waals surface area (Å²) in [7, 11) is 1.57. The molecule has 10 nitrogen and oxygen atoms in total. The van der Waals surface area contributed by atoms with Gasteiger partial charge in [-0.3, -0.25) is 19.4 Å². The lowest BCUT2D eigenvalue weighted by Crippen LogP contribution is -2.35. The Morgan fingerprint density at radius 3 is 2.30 bits per heavy atom. The van der Waals surface area contributed by atoms with Gasteiger partial charge in [-0.15, -0.1) is 11.8 Å². The number of anilines is 2. The highest BCUT2D eigenvalue weighted by molar-refractivity contribution is 7.99. The number of pyridine rings is 1. The molecule has 3 N–H and O–H groups in total. The topological polar surface area (TPSA) is 128 Å². The number of carbonyl (C=O) groups is 3. The Morgan fingerprint density at radius 2 is 1.62 bits per heavy atom. The number of thiocarbonyl (C=S) groups is 1. The Balaban J connectivity index is 1.16. The zero-order valence-electron chi connectivity index (χ0n) is 27.5. The van der Waals surface area contributed by atoms with Crippen LogP contribution in [0.2, 0.25) is 0 Å². The largest absolute Gasteiger partial charge is 0.496 e. The van der Waals surface area contributed by atoms with Crippen LogP contribution in [0, 0.1) is 17.0 Å². The fourth-order valence-corrected chi connectivity index (χ4v) is 6.13. The highest BCUT2D eigenvalue weighted by atomic mass is 32.2. The maximum atomic E-state index is 15.3. The summed E-state index contributed by atoms with van der Waals surface area (Å²) in [5.74, 6) is -0.675. The quantitative estimate of drug-likeness (QED) is 0.0469. The van der Waals surface area contributed by atoms with E-state index in [-0.39, 0.29) is 24.0 Å². The molecule has 0 aliphatic heterocycles. The molecule has 1 fully saturated rings. The van der Waals surface area contributed by atoms with Gasteiger partial charge in [0.05, 0.1) is 17.5 Å². The monoisotopic (exact) mass is 722 g/mol. The number of amides is 3. The van der Waals surface area contributed by atoms with Crippen LogP contribution in [0.5, 0.6) is 17.2 Å². The molecule has 0 unspecified atom stereocenters. The van der Waals surface area contributed by atoms with Crippen molar-refractivity contribution in [3.8, 4) is 17.2 Å². The normalized spacial score (nSPS) is 12.9. The molecule has 0 spiro atoms. The molecule has 0 radical (unpaired) electrons. The third-order valence-electron chi connectivity index (χ3n) is 7.93. The number of methoxy groups -OCH3 is 1. The predicted molar refractivity (Wildman–Crippen MR) is 192 cm³/mol. The molecular weight excluding hydrogens is 687 g/mol. The minimum atomic E-state index is -1.29. The predicted octanol–water partition coefficient (Wildman–Crippen LogP) is 7.41. The Morgan fingerprint density at radius 1 is 0.900 bits per heavy atom. The molecular formula is C36H36F2N4O6S2. The van der Waals surface area contributed by atoms with E-state index in [2.05, 4.69) is 20.9 Å². The zero-order chi connectivity index (χ0) is 35.7. The van der Waals surface area contributed by atoms with Crippen molar-refractivity contribution in [2.75, 3.05) is 36.6 Å². The average Bonchev–Trinajstić information content (AvgIpc) is 3.91. The molecule has 1 aliphatic rings. The lowest BCUT2D eigenvalue weighted by atomic mass is 10.0. The van der Waals surface area contributed by atoms with Gasteiger partial charge in [-0.2, -0.15) is 0 Å². The second-order valence-electron chi connectivity index (χ2n) is 11.6. The number of aromatic nitrogens is 1. The maximum absolute atomic E-state index is 15.3. The summed E-state index contributed by atoms with van der Waals surface area (Å²) in [6.45, 7) is 2.11. The molecule has 1 aromatic heterocycles. The first kappa shape index (κ1) is 36.5. The second-order valence-corrected chi connectivity index (χ2v) is 13.3. The summed E-state index contributed by atoms with van der Waals surface area (Å²) in [5, 5.41) is 9.05. The number of fused-ring (bicyclic) bond motifs is 1. The average molecular weight is 723 g/mol. The summed E-state index contributed by atoms with van der Waals surface area (Å²) in [4.78, 5) is 43.0. The number of carbonyl (C=O) groups excluding carboxylic acids is 3. The molecule has 4 aromatic rings. The number of benzene rings is 3. The fourth-order valence-electron chi connectivity index (χ4n) is 5.02. The first-order valence-corrected chi connectivity index (χ1v) is 17.3. The molecule has 1 saturated carbocycles. The van der Waals surface area contributed by atoms with E-state index in [0.29, 0.717) is 52.5 Å². The highest BCUT2D eigenvalue weighted by Crippen LogP contribution is 2.47. The van der Waals surface area contributed by atoms with E-state index in [4.69, 9.17) is 26.4 Å². The Labute approximate surface area is 297 Å².